The monoisotopic (exact) mass is 365 g/mol. The summed E-state index contributed by atoms with van der Waals surface area (Å²) in [7, 11) is 0. The fourth-order valence-corrected chi connectivity index (χ4v) is 3.45. The summed E-state index contributed by atoms with van der Waals surface area (Å²) in [5.74, 6) is -0.825. The Kier molecular flexibility index (Phi) is 4.64. The highest BCUT2D eigenvalue weighted by Crippen LogP contribution is 2.23. The molecule has 8 heteroatoms. The number of carbonyl (C=O) groups excluding carboxylic acids is 1. The van der Waals surface area contributed by atoms with Crippen LogP contribution >= 0.6 is 22.9 Å². The molecule has 124 valence electrons. The van der Waals surface area contributed by atoms with Crippen molar-refractivity contribution >= 4 is 38.9 Å². The first-order valence-corrected chi connectivity index (χ1v) is 8.39. The number of nitrogens with one attached hydrogen (secondary N) is 1. The van der Waals surface area contributed by atoms with Gasteiger partial charge in [-0.25, -0.2) is 9.07 Å². The summed E-state index contributed by atoms with van der Waals surface area (Å²) >= 11 is 7.41. The average Bonchev–Trinajstić information content (AvgIpc) is 2.99. The second-order valence-corrected chi connectivity index (χ2v) is 6.62. The van der Waals surface area contributed by atoms with Crippen molar-refractivity contribution in [2.75, 3.05) is 0 Å². The van der Waals surface area contributed by atoms with Gasteiger partial charge < -0.3 is 5.32 Å². The van der Waals surface area contributed by atoms with E-state index in [-0.39, 0.29) is 23.0 Å². The van der Waals surface area contributed by atoms with Gasteiger partial charge in [-0.05, 0) is 36.1 Å². The van der Waals surface area contributed by atoms with Crippen LogP contribution in [-0.4, -0.2) is 15.7 Å². The van der Waals surface area contributed by atoms with Crippen molar-refractivity contribution in [3.05, 3.63) is 62.6 Å². The molecule has 2 heterocycles. The average molecular weight is 366 g/mol. The highest BCUT2D eigenvalue weighted by Gasteiger charge is 2.15. The van der Waals surface area contributed by atoms with Crippen LogP contribution in [0.25, 0.3) is 10.1 Å². The third kappa shape index (κ3) is 3.32. The van der Waals surface area contributed by atoms with Gasteiger partial charge in [0.15, 0.2) is 0 Å². The van der Waals surface area contributed by atoms with Crippen LogP contribution in [0.15, 0.2) is 40.6 Å². The van der Waals surface area contributed by atoms with Gasteiger partial charge in [-0.3, -0.25) is 9.59 Å². The molecule has 1 atom stereocenters. The Balaban J connectivity index is 1.74. The molecule has 0 saturated carbocycles. The van der Waals surface area contributed by atoms with Gasteiger partial charge in [0.1, 0.15) is 12.4 Å². The van der Waals surface area contributed by atoms with Crippen LogP contribution in [0, 0.1) is 5.82 Å². The number of hydrogen-bond donors (Lipinski definition) is 1. The van der Waals surface area contributed by atoms with E-state index in [9.17, 15) is 14.0 Å². The molecule has 0 bridgehead atoms. The van der Waals surface area contributed by atoms with E-state index in [1.807, 2.05) is 0 Å². The molecule has 1 N–H and O–H groups in total. The molecule has 5 nitrogen and oxygen atoms in total. The quantitative estimate of drug-likeness (QED) is 0.772. The predicted molar refractivity (Wildman–Crippen MR) is 91.8 cm³/mol. The van der Waals surface area contributed by atoms with E-state index in [0.29, 0.717) is 10.9 Å². The standard InChI is InChI=1S/C16H13ClFN3O2S/c1-9(11-3-2-10(18)6-13(11)17)20-15(22)8-21-16(23)12-4-5-24-14(12)7-19-21/h2-7,9H,8H2,1H3,(H,20,22)/t9-/m0/s1. The molecule has 0 aliphatic rings. The topological polar surface area (TPSA) is 64.0 Å². The fraction of sp³-hybridized carbons (Fsp3) is 0.188. The van der Waals surface area contributed by atoms with Gasteiger partial charge in [-0.15, -0.1) is 11.3 Å². The maximum Gasteiger partial charge on any atom is 0.275 e. The molecule has 3 rings (SSSR count). The van der Waals surface area contributed by atoms with E-state index >= 15 is 0 Å². The summed E-state index contributed by atoms with van der Waals surface area (Å²) in [6, 6.07) is 5.27. The first kappa shape index (κ1) is 16.6. The van der Waals surface area contributed by atoms with Crippen molar-refractivity contribution in [3.63, 3.8) is 0 Å². The first-order chi connectivity index (χ1) is 11.5. The molecule has 3 aromatic rings. The van der Waals surface area contributed by atoms with Crippen molar-refractivity contribution in [1.29, 1.82) is 0 Å². The van der Waals surface area contributed by atoms with Crippen molar-refractivity contribution < 1.29 is 9.18 Å². The summed E-state index contributed by atoms with van der Waals surface area (Å²) in [5.41, 5.74) is 0.288. The number of rotatable bonds is 4. The number of hydrogen-bond acceptors (Lipinski definition) is 4. The van der Waals surface area contributed by atoms with Crippen molar-refractivity contribution in [1.82, 2.24) is 15.1 Å². The van der Waals surface area contributed by atoms with Crippen molar-refractivity contribution in [3.8, 4) is 0 Å². The van der Waals surface area contributed by atoms with E-state index in [1.54, 1.807) is 24.6 Å². The van der Waals surface area contributed by atoms with E-state index < -0.39 is 11.9 Å². The van der Waals surface area contributed by atoms with Gasteiger partial charge >= 0.3 is 0 Å². The van der Waals surface area contributed by atoms with Crippen LogP contribution in [0.3, 0.4) is 0 Å². The lowest BCUT2D eigenvalue weighted by atomic mass is 10.1. The summed E-state index contributed by atoms with van der Waals surface area (Å²) in [6.45, 7) is 1.53. The molecule has 0 radical (unpaired) electrons. The summed E-state index contributed by atoms with van der Waals surface area (Å²) < 4.78 is 15.0. The van der Waals surface area contributed by atoms with Crippen LogP contribution in [0.1, 0.15) is 18.5 Å². The van der Waals surface area contributed by atoms with E-state index in [2.05, 4.69) is 10.4 Å². The van der Waals surface area contributed by atoms with Gasteiger partial charge in [-0.1, -0.05) is 17.7 Å². The van der Waals surface area contributed by atoms with E-state index in [0.717, 1.165) is 9.38 Å². The highest BCUT2D eigenvalue weighted by molar-refractivity contribution is 7.17. The normalized spacial score (nSPS) is 12.3. The SMILES string of the molecule is C[C@H](NC(=O)Cn1ncc2sccc2c1=O)c1ccc(F)cc1Cl. The molecular formula is C16H13ClFN3O2S. The number of halogens is 2. The Bertz CT molecular complexity index is 969. The lowest BCUT2D eigenvalue weighted by Gasteiger charge is -2.16. The fourth-order valence-electron chi connectivity index (χ4n) is 2.38. The van der Waals surface area contributed by atoms with Crippen LogP contribution in [0.4, 0.5) is 4.39 Å². The largest absolute Gasteiger partial charge is 0.348 e. The lowest BCUT2D eigenvalue weighted by Crippen LogP contribution is -2.34. The van der Waals surface area contributed by atoms with Crippen LogP contribution < -0.4 is 10.9 Å². The number of benzene rings is 1. The minimum Gasteiger partial charge on any atom is -0.348 e. The molecule has 0 spiro atoms. The van der Waals surface area contributed by atoms with Gasteiger partial charge in [0, 0.05) is 5.02 Å². The van der Waals surface area contributed by atoms with E-state index in [1.165, 1.54) is 29.5 Å². The smallest absolute Gasteiger partial charge is 0.275 e. The maximum atomic E-state index is 13.1. The zero-order chi connectivity index (χ0) is 17.3. The Morgan fingerprint density at radius 2 is 2.25 bits per heavy atom. The number of nitrogens with zero attached hydrogens (tertiary/aromatic N) is 2. The number of thiophene rings is 1. The van der Waals surface area contributed by atoms with Crippen LogP contribution in [0.2, 0.25) is 5.02 Å². The Labute approximate surface area is 145 Å². The Hall–Kier alpha value is -2.25. The minimum atomic E-state index is -0.443. The number of fused-ring (bicyclic) bond motifs is 1. The molecule has 0 fully saturated rings. The van der Waals surface area contributed by atoms with E-state index in [4.69, 9.17) is 11.6 Å². The van der Waals surface area contributed by atoms with Crippen molar-refractivity contribution in [2.24, 2.45) is 0 Å². The lowest BCUT2D eigenvalue weighted by molar-refractivity contribution is -0.122. The predicted octanol–water partition coefficient (Wildman–Crippen LogP) is 3.13. The second kappa shape index (κ2) is 6.70. The number of amides is 1. The van der Waals surface area contributed by atoms with Crippen LogP contribution in [0.5, 0.6) is 0 Å². The zero-order valence-corrected chi connectivity index (χ0v) is 14.2. The molecule has 0 aliphatic carbocycles. The molecule has 24 heavy (non-hydrogen) atoms. The summed E-state index contributed by atoms with van der Waals surface area (Å²) in [6.07, 6.45) is 1.56. The van der Waals surface area contributed by atoms with Crippen LogP contribution in [-0.2, 0) is 11.3 Å². The first-order valence-electron chi connectivity index (χ1n) is 7.13. The molecular weight excluding hydrogens is 353 g/mol. The van der Waals surface area contributed by atoms with Gasteiger partial charge in [-0.2, -0.15) is 5.10 Å². The highest BCUT2D eigenvalue weighted by atomic mass is 35.5. The molecule has 0 unspecified atom stereocenters. The minimum absolute atomic E-state index is 0.201. The summed E-state index contributed by atoms with van der Waals surface area (Å²) in [4.78, 5) is 24.4. The third-order valence-corrected chi connectivity index (χ3v) is 4.75. The number of aromatic nitrogens is 2. The second-order valence-electron chi connectivity index (χ2n) is 5.26. The summed E-state index contributed by atoms with van der Waals surface area (Å²) in [5, 5.41) is 9.31. The Morgan fingerprint density at radius 1 is 1.46 bits per heavy atom. The molecule has 1 amide bonds. The van der Waals surface area contributed by atoms with Gasteiger partial charge in [0.2, 0.25) is 5.91 Å². The number of carbonyl (C=O) groups is 1. The van der Waals surface area contributed by atoms with Gasteiger partial charge in [0.05, 0.1) is 22.3 Å². The molecule has 2 aromatic heterocycles. The Morgan fingerprint density at radius 3 is 3.00 bits per heavy atom. The zero-order valence-electron chi connectivity index (χ0n) is 12.6. The van der Waals surface area contributed by atoms with Crippen molar-refractivity contribution in [2.45, 2.75) is 19.5 Å². The third-order valence-electron chi connectivity index (χ3n) is 3.57. The maximum absolute atomic E-state index is 13.1. The molecule has 1 aromatic carbocycles. The van der Waals surface area contributed by atoms with Gasteiger partial charge in [0.25, 0.3) is 5.56 Å². The molecule has 0 aliphatic heterocycles. The molecule has 0 saturated heterocycles.